The van der Waals surface area contributed by atoms with Crippen molar-refractivity contribution in [1.82, 2.24) is 10.2 Å². The number of amides is 4. The topological polar surface area (TPSA) is 223 Å². The van der Waals surface area contributed by atoms with Crippen LogP contribution in [0.4, 0.5) is 16.2 Å². The maximum absolute atomic E-state index is 14.8. The maximum Gasteiger partial charge on any atom is 0.409 e. The van der Waals surface area contributed by atoms with Crippen molar-refractivity contribution < 1.29 is 62.7 Å². The zero-order valence-corrected chi connectivity index (χ0v) is 43.0. The van der Waals surface area contributed by atoms with Crippen LogP contribution >= 0.6 is 21.6 Å². The number of carboxylic acids is 1. The third-order valence-corrected chi connectivity index (χ3v) is 16.6. The molecule has 10 atom stereocenters. The lowest BCUT2D eigenvalue weighted by atomic mass is 9.83. The Morgan fingerprint density at radius 2 is 1.70 bits per heavy atom. The third-order valence-electron chi connectivity index (χ3n) is 13.1. The molecule has 2 aromatic carbocycles. The van der Waals surface area contributed by atoms with Crippen molar-refractivity contribution in [1.29, 1.82) is 0 Å². The van der Waals surface area contributed by atoms with E-state index in [2.05, 4.69) is 10.6 Å². The molecule has 2 fully saturated rings. The van der Waals surface area contributed by atoms with Crippen molar-refractivity contribution in [3.8, 4) is 16.9 Å². The number of aliphatic carboxylic acids is 1. The molecule has 3 aliphatic rings. The zero-order chi connectivity index (χ0) is 51.0. The average Bonchev–Trinajstić information content (AvgIpc) is 4.00. The van der Waals surface area contributed by atoms with Crippen LogP contribution in [0.1, 0.15) is 92.6 Å². The summed E-state index contributed by atoms with van der Waals surface area (Å²) in [5, 5.41) is 26.7. The number of likely N-dealkylation sites (N-methyl/N-ethyl adjacent to an activating group) is 1. The Balaban J connectivity index is 1.49. The first-order valence-electron chi connectivity index (χ1n) is 23.1. The molecule has 0 saturated carbocycles. The van der Waals surface area contributed by atoms with E-state index in [-0.39, 0.29) is 41.6 Å². The first kappa shape index (κ1) is 54.9. The number of methoxy groups -OCH3 is 2. The van der Waals surface area contributed by atoms with Crippen LogP contribution in [0.15, 0.2) is 60.2 Å². The number of esters is 1. The highest BCUT2D eigenvalue weighted by Gasteiger charge is 2.64. The lowest BCUT2D eigenvalue weighted by Gasteiger charge is -2.42. The fraction of sp³-hybridized carbons (Fsp3) is 0.560. The summed E-state index contributed by atoms with van der Waals surface area (Å²) in [5.41, 5.74) is 0.919. The molecule has 3 aliphatic heterocycles. The second-order valence-electron chi connectivity index (χ2n) is 18.5. The summed E-state index contributed by atoms with van der Waals surface area (Å²) < 4.78 is 29.9. The van der Waals surface area contributed by atoms with E-state index >= 15 is 0 Å². The molecule has 2 saturated heterocycles. The van der Waals surface area contributed by atoms with Gasteiger partial charge < -0.3 is 49.0 Å². The molecule has 3 heterocycles. The van der Waals surface area contributed by atoms with Crippen molar-refractivity contribution in [2.24, 2.45) is 5.92 Å². The molecule has 378 valence electrons. The molecule has 17 nitrogen and oxygen atoms in total. The predicted octanol–water partition coefficient (Wildman–Crippen LogP) is 7.29. The fourth-order valence-electron chi connectivity index (χ4n) is 8.51. The van der Waals surface area contributed by atoms with Crippen LogP contribution in [0.25, 0.3) is 11.1 Å². The number of rotatable bonds is 16. The Kier molecular flexibility index (Phi) is 18.8. The van der Waals surface area contributed by atoms with Gasteiger partial charge in [-0.1, -0.05) is 78.3 Å². The number of nitrogens with one attached hydrogen (secondary N) is 2. The maximum atomic E-state index is 14.8. The number of allylic oxidation sites excluding steroid dienone is 3. The fourth-order valence-corrected chi connectivity index (χ4v) is 11.0. The molecule has 4 bridgehead atoms. The Bertz CT molecular complexity index is 2280. The normalized spacial score (nSPS) is 27.4. The Labute approximate surface area is 412 Å². The van der Waals surface area contributed by atoms with Crippen LogP contribution in [0.5, 0.6) is 5.75 Å². The highest BCUT2D eigenvalue weighted by Crippen LogP contribution is 2.49. The minimum atomic E-state index is -1.86. The van der Waals surface area contributed by atoms with Gasteiger partial charge in [0, 0.05) is 75.1 Å². The highest BCUT2D eigenvalue weighted by molar-refractivity contribution is 8.77. The number of hydrogen-bond donors (Lipinski definition) is 4. The SMILES string of the molecule is COc1cc2cc(c1-c1ccc(NC(=O)CCC(C)SSC(C)CCC(=O)O)cc1)N(C)C(=O)C[C@H](OC(=O)[C@H](C)N(C)C(C)=O)[C@]1(C)O[C@H]1[C@H](C)[C@@H]1C[C@@](O)(NC(=O)O1)[C@H](OC)/C=C/C=C(\C)C2. The second kappa shape index (κ2) is 23.7. The molecule has 0 spiro atoms. The minimum absolute atomic E-state index is 0.0765. The first-order chi connectivity index (χ1) is 32.5. The van der Waals surface area contributed by atoms with Gasteiger partial charge in [0.2, 0.25) is 17.7 Å². The molecule has 69 heavy (non-hydrogen) atoms. The van der Waals surface area contributed by atoms with Gasteiger partial charge in [0.05, 0.1) is 25.3 Å². The van der Waals surface area contributed by atoms with Gasteiger partial charge in [0.25, 0.3) is 0 Å². The zero-order valence-electron chi connectivity index (χ0n) is 41.4. The predicted molar refractivity (Wildman–Crippen MR) is 266 cm³/mol. The molecule has 0 aromatic heterocycles. The minimum Gasteiger partial charge on any atom is -0.496 e. The Morgan fingerprint density at radius 1 is 1.04 bits per heavy atom. The number of carbonyl (C=O) groups is 6. The molecule has 4 amide bonds. The summed E-state index contributed by atoms with van der Waals surface area (Å²) in [4.78, 5) is 80.6. The van der Waals surface area contributed by atoms with Crippen LogP contribution in [0.3, 0.4) is 0 Å². The van der Waals surface area contributed by atoms with Gasteiger partial charge in [-0.15, -0.1) is 0 Å². The number of aliphatic hydroxyl groups is 1. The van der Waals surface area contributed by atoms with Gasteiger partial charge in [-0.25, -0.2) is 9.59 Å². The molecule has 19 heteroatoms. The summed E-state index contributed by atoms with van der Waals surface area (Å²) in [7, 11) is 9.36. The van der Waals surface area contributed by atoms with Crippen LogP contribution in [-0.4, -0.2) is 131 Å². The number of hydrogen-bond acceptors (Lipinski definition) is 14. The monoisotopic (exact) mass is 996 g/mol. The van der Waals surface area contributed by atoms with Gasteiger partial charge in [0.1, 0.15) is 35.7 Å². The van der Waals surface area contributed by atoms with E-state index in [9.17, 15) is 33.9 Å². The van der Waals surface area contributed by atoms with Crippen LogP contribution in [0.2, 0.25) is 0 Å². The van der Waals surface area contributed by atoms with E-state index in [0.29, 0.717) is 53.9 Å². The van der Waals surface area contributed by atoms with Gasteiger partial charge in [-0.2, -0.15) is 0 Å². The summed E-state index contributed by atoms with van der Waals surface area (Å²) in [6, 6.07) is 10.0. The van der Waals surface area contributed by atoms with Crippen molar-refractivity contribution in [2.75, 3.05) is 38.5 Å². The van der Waals surface area contributed by atoms with Gasteiger partial charge in [-0.05, 0) is 75.4 Å². The number of carboxylic acid groups (broad SMARTS) is 1. The largest absolute Gasteiger partial charge is 0.496 e. The Morgan fingerprint density at radius 3 is 2.30 bits per heavy atom. The van der Waals surface area contributed by atoms with Crippen molar-refractivity contribution in [3.63, 3.8) is 0 Å². The number of benzene rings is 2. The molecule has 4 N–H and O–H groups in total. The molecule has 2 unspecified atom stereocenters. The first-order valence-corrected chi connectivity index (χ1v) is 25.4. The standard InChI is InChI=1S/C50H68N4O13S2/c1-28-13-12-14-40(64-11)50(62)27-39(65-48(61)52-50)31(4)46-49(7,67-46)41(66-47(60)32(5)53(8)33(6)55)26-43(57)54(9)37-24-34(23-28)25-38(63-10)45(37)35-17-19-36(20-18-35)51-42(56)21-15-29(2)68-69-30(3)16-22-44(58)59/h12-14,17-20,24-25,29-32,39-41,46,62H,15-16,21-23,26-27H2,1-11H3,(H,51,56)(H,52,61)(H,58,59)/b14-12+,28-13+/t29?,30?,31-,32+,39+,40-,41+,46+,49+,50+/m1/s1. The molecular weight excluding hydrogens is 929 g/mol. The number of ether oxygens (including phenoxy) is 5. The van der Waals surface area contributed by atoms with E-state index < -0.39 is 71.6 Å². The van der Waals surface area contributed by atoms with Crippen molar-refractivity contribution in [3.05, 3.63) is 65.8 Å². The van der Waals surface area contributed by atoms with Crippen molar-refractivity contribution in [2.45, 2.75) is 146 Å². The summed E-state index contributed by atoms with van der Waals surface area (Å²) in [5.74, 6) is -2.61. The van der Waals surface area contributed by atoms with E-state index in [1.54, 1.807) is 73.9 Å². The van der Waals surface area contributed by atoms with E-state index in [1.165, 1.54) is 37.8 Å². The third kappa shape index (κ3) is 14.0. The lowest BCUT2D eigenvalue weighted by molar-refractivity contribution is -0.161. The summed E-state index contributed by atoms with van der Waals surface area (Å²) in [6.07, 6.45) is 2.29. The van der Waals surface area contributed by atoms with Crippen LogP contribution in [-0.2, 0) is 49.3 Å². The number of anilines is 2. The molecule has 0 aliphatic carbocycles. The molecule has 5 rings (SSSR count). The smallest absolute Gasteiger partial charge is 0.409 e. The summed E-state index contributed by atoms with van der Waals surface area (Å²) in [6.45, 7) is 12.3. The van der Waals surface area contributed by atoms with Crippen LogP contribution in [0, 0.1) is 5.92 Å². The molecule has 2 aromatic rings. The molecular formula is C50H68N4O13S2. The van der Waals surface area contributed by atoms with E-state index in [0.717, 1.165) is 11.1 Å². The number of carbonyl (C=O) groups excluding carboxylic acids is 5. The molecule has 0 radical (unpaired) electrons. The average molecular weight is 997 g/mol. The van der Waals surface area contributed by atoms with E-state index in [1.807, 2.05) is 51.1 Å². The number of alkyl carbamates (subject to hydrolysis) is 1. The lowest BCUT2D eigenvalue weighted by Crippen LogP contribution is -2.63. The quantitative estimate of drug-likeness (QED) is 0.0737. The summed E-state index contributed by atoms with van der Waals surface area (Å²) >= 11 is 0. The second-order valence-corrected chi connectivity index (χ2v) is 21.6. The van der Waals surface area contributed by atoms with Crippen LogP contribution < -0.4 is 20.3 Å². The number of fused-ring (bicyclic) bond motifs is 5. The number of epoxide rings is 1. The Hall–Kier alpha value is -5.08. The number of nitrogens with zero attached hydrogens (tertiary/aromatic N) is 2. The van der Waals surface area contributed by atoms with E-state index in [4.69, 9.17) is 28.8 Å². The van der Waals surface area contributed by atoms with Gasteiger partial charge in [-0.3, -0.25) is 24.5 Å². The van der Waals surface area contributed by atoms with Crippen molar-refractivity contribution >= 4 is 68.7 Å². The highest BCUT2D eigenvalue weighted by atomic mass is 33.1. The van der Waals surface area contributed by atoms with Gasteiger partial charge >= 0.3 is 18.0 Å². The van der Waals surface area contributed by atoms with Gasteiger partial charge in [0.15, 0.2) is 5.72 Å².